The lowest BCUT2D eigenvalue weighted by Gasteiger charge is -2.42. The Balaban J connectivity index is 2.61. The van der Waals surface area contributed by atoms with Gasteiger partial charge < -0.3 is 16.2 Å². The molecule has 1 atom stereocenters. The third kappa shape index (κ3) is 2.32. The molecule has 4 N–H and O–H groups in total. The molecule has 0 spiro atoms. The average Bonchev–Trinajstić information content (AvgIpc) is 2.17. The van der Waals surface area contributed by atoms with Crippen LogP contribution < -0.4 is 11.1 Å². The molecule has 88 valence electrons. The van der Waals surface area contributed by atoms with E-state index >= 15 is 0 Å². The molecule has 1 rings (SSSR count). The minimum absolute atomic E-state index is 0.00894. The third-order valence-corrected chi connectivity index (χ3v) is 3.73. The van der Waals surface area contributed by atoms with Crippen LogP contribution in [-0.2, 0) is 4.79 Å². The zero-order valence-electron chi connectivity index (χ0n) is 9.68. The Hall–Kier alpha value is -0.610. The Kier molecular flexibility index (Phi) is 3.73. The quantitative estimate of drug-likeness (QED) is 0.620. The second-order valence-corrected chi connectivity index (χ2v) is 4.86. The maximum Gasteiger partial charge on any atom is 0.227 e. The summed E-state index contributed by atoms with van der Waals surface area (Å²) in [5.74, 6) is 0.00894. The van der Waals surface area contributed by atoms with E-state index in [0.717, 1.165) is 25.7 Å². The van der Waals surface area contributed by atoms with Crippen molar-refractivity contribution >= 4 is 5.91 Å². The first-order valence-electron chi connectivity index (χ1n) is 5.65. The van der Waals surface area contributed by atoms with Crippen molar-refractivity contribution in [1.82, 2.24) is 5.32 Å². The van der Waals surface area contributed by atoms with Gasteiger partial charge in [-0.25, -0.2) is 0 Å². The maximum atomic E-state index is 12.0. The highest BCUT2D eigenvalue weighted by Crippen LogP contribution is 2.40. The van der Waals surface area contributed by atoms with Gasteiger partial charge in [-0.05, 0) is 26.2 Å². The summed E-state index contributed by atoms with van der Waals surface area (Å²) < 4.78 is 0. The molecular weight excluding hydrogens is 192 g/mol. The largest absolute Gasteiger partial charge is 0.394 e. The van der Waals surface area contributed by atoms with E-state index in [1.54, 1.807) is 0 Å². The standard InChI is InChI=1S/C11H22N2O2/c1-3-10(2,8-14)13-9(15)11(7-12)5-4-6-11/h14H,3-8,12H2,1-2H3,(H,13,15). The first-order valence-corrected chi connectivity index (χ1v) is 5.65. The molecule has 1 amide bonds. The van der Waals surface area contributed by atoms with Crippen LogP contribution in [0.25, 0.3) is 0 Å². The van der Waals surface area contributed by atoms with Crippen LogP contribution in [0, 0.1) is 5.41 Å². The Morgan fingerprint density at radius 1 is 1.60 bits per heavy atom. The monoisotopic (exact) mass is 214 g/mol. The normalized spacial score (nSPS) is 22.7. The van der Waals surface area contributed by atoms with Crippen LogP contribution in [0.2, 0.25) is 0 Å². The highest BCUT2D eigenvalue weighted by atomic mass is 16.3. The number of aliphatic hydroxyl groups is 1. The van der Waals surface area contributed by atoms with Gasteiger partial charge in [-0.3, -0.25) is 4.79 Å². The van der Waals surface area contributed by atoms with E-state index in [0.29, 0.717) is 6.54 Å². The van der Waals surface area contributed by atoms with Crippen LogP contribution in [0.4, 0.5) is 0 Å². The van der Waals surface area contributed by atoms with Gasteiger partial charge in [0.15, 0.2) is 0 Å². The molecule has 0 aromatic rings. The van der Waals surface area contributed by atoms with Crippen LogP contribution in [0.1, 0.15) is 39.5 Å². The van der Waals surface area contributed by atoms with Gasteiger partial charge in [0.1, 0.15) is 0 Å². The van der Waals surface area contributed by atoms with Gasteiger partial charge in [0, 0.05) is 6.54 Å². The lowest BCUT2D eigenvalue weighted by molar-refractivity contribution is -0.137. The van der Waals surface area contributed by atoms with Crippen LogP contribution in [0.15, 0.2) is 0 Å². The first kappa shape index (κ1) is 12.5. The van der Waals surface area contributed by atoms with E-state index in [1.807, 2.05) is 13.8 Å². The van der Waals surface area contributed by atoms with E-state index in [2.05, 4.69) is 5.32 Å². The minimum atomic E-state index is -0.505. The summed E-state index contributed by atoms with van der Waals surface area (Å²) in [6, 6.07) is 0. The van der Waals surface area contributed by atoms with Crippen LogP contribution in [0.5, 0.6) is 0 Å². The van der Waals surface area contributed by atoms with E-state index in [-0.39, 0.29) is 17.9 Å². The Morgan fingerprint density at radius 3 is 2.47 bits per heavy atom. The molecule has 0 aliphatic heterocycles. The molecule has 0 aromatic heterocycles. The Labute approximate surface area is 91.2 Å². The molecule has 0 saturated heterocycles. The number of aliphatic hydroxyl groups excluding tert-OH is 1. The summed E-state index contributed by atoms with van der Waals surface area (Å²) in [6.07, 6.45) is 3.55. The smallest absolute Gasteiger partial charge is 0.227 e. The molecular formula is C11H22N2O2. The predicted molar refractivity (Wildman–Crippen MR) is 59.3 cm³/mol. The number of nitrogens with one attached hydrogen (secondary N) is 1. The molecule has 1 saturated carbocycles. The van der Waals surface area contributed by atoms with E-state index in [1.165, 1.54) is 0 Å². The summed E-state index contributed by atoms with van der Waals surface area (Å²) in [7, 11) is 0. The topological polar surface area (TPSA) is 75.3 Å². The molecule has 1 aliphatic rings. The molecule has 1 fully saturated rings. The molecule has 0 aromatic carbocycles. The maximum absolute atomic E-state index is 12.0. The molecule has 15 heavy (non-hydrogen) atoms. The summed E-state index contributed by atoms with van der Waals surface area (Å²) >= 11 is 0. The van der Waals surface area contributed by atoms with Crippen molar-refractivity contribution in [2.24, 2.45) is 11.1 Å². The van der Waals surface area contributed by atoms with Crippen molar-refractivity contribution in [3.8, 4) is 0 Å². The summed E-state index contributed by atoms with van der Waals surface area (Å²) in [5, 5.41) is 12.1. The molecule has 4 heteroatoms. The summed E-state index contributed by atoms with van der Waals surface area (Å²) in [4.78, 5) is 12.0. The lowest BCUT2D eigenvalue weighted by Crippen LogP contribution is -2.57. The highest BCUT2D eigenvalue weighted by molar-refractivity contribution is 5.84. The zero-order valence-corrected chi connectivity index (χ0v) is 9.68. The zero-order chi connectivity index (χ0) is 11.5. The van der Waals surface area contributed by atoms with Crippen molar-refractivity contribution in [3.05, 3.63) is 0 Å². The van der Waals surface area contributed by atoms with Crippen molar-refractivity contribution in [2.75, 3.05) is 13.2 Å². The van der Waals surface area contributed by atoms with Gasteiger partial charge in [0.2, 0.25) is 5.91 Å². The SMILES string of the molecule is CCC(C)(CO)NC(=O)C1(CN)CCC1. The van der Waals surface area contributed by atoms with E-state index < -0.39 is 5.54 Å². The van der Waals surface area contributed by atoms with Crippen LogP contribution in [0.3, 0.4) is 0 Å². The number of hydrogen-bond acceptors (Lipinski definition) is 3. The van der Waals surface area contributed by atoms with Crippen molar-refractivity contribution in [2.45, 2.75) is 45.1 Å². The molecule has 0 bridgehead atoms. The minimum Gasteiger partial charge on any atom is -0.394 e. The van der Waals surface area contributed by atoms with Crippen molar-refractivity contribution < 1.29 is 9.90 Å². The third-order valence-electron chi connectivity index (χ3n) is 3.73. The fourth-order valence-corrected chi connectivity index (χ4v) is 1.77. The number of hydrogen-bond donors (Lipinski definition) is 3. The number of nitrogens with two attached hydrogens (primary N) is 1. The van der Waals surface area contributed by atoms with Gasteiger partial charge in [0.25, 0.3) is 0 Å². The van der Waals surface area contributed by atoms with Crippen LogP contribution in [-0.4, -0.2) is 29.7 Å². The summed E-state index contributed by atoms with van der Waals surface area (Å²) in [5.41, 5.74) is 4.79. The van der Waals surface area contributed by atoms with Crippen molar-refractivity contribution in [3.63, 3.8) is 0 Å². The number of rotatable bonds is 5. The highest BCUT2D eigenvalue weighted by Gasteiger charge is 2.44. The number of carbonyl (C=O) groups is 1. The van der Waals surface area contributed by atoms with E-state index in [9.17, 15) is 9.90 Å². The van der Waals surface area contributed by atoms with Gasteiger partial charge in [-0.2, -0.15) is 0 Å². The second kappa shape index (κ2) is 4.49. The predicted octanol–water partition coefficient (Wildman–Crippen LogP) is 0.393. The van der Waals surface area contributed by atoms with Gasteiger partial charge in [-0.1, -0.05) is 13.3 Å². The van der Waals surface area contributed by atoms with Gasteiger partial charge in [0.05, 0.1) is 17.6 Å². The fourth-order valence-electron chi connectivity index (χ4n) is 1.77. The second-order valence-electron chi connectivity index (χ2n) is 4.86. The van der Waals surface area contributed by atoms with E-state index in [4.69, 9.17) is 5.73 Å². The Morgan fingerprint density at radius 2 is 2.20 bits per heavy atom. The molecule has 1 unspecified atom stereocenters. The number of amides is 1. The van der Waals surface area contributed by atoms with Gasteiger partial charge in [-0.15, -0.1) is 0 Å². The molecule has 1 aliphatic carbocycles. The fraction of sp³-hybridized carbons (Fsp3) is 0.909. The Bertz CT molecular complexity index is 227. The average molecular weight is 214 g/mol. The molecule has 4 nitrogen and oxygen atoms in total. The van der Waals surface area contributed by atoms with Crippen LogP contribution >= 0.6 is 0 Å². The first-order chi connectivity index (χ1) is 7.02. The summed E-state index contributed by atoms with van der Waals surface area (Å²) in [6.45, 7) is 4.18. The molecule has 0 heterocycles. The van der Waals surface area contributed by atoms with Gasteiger partial charge >= 0.3 is 0 Å². The molecule has 0 radical (unpaired) electrons. The van der Waals surface area contributed by atoms with Crippen molar-refractivity contribution in [1.29, 1.82) is 0 Å². The lowest BCUT2D eigenvalue weighted by atomic mass is 9.68. The number of carbonyl (C=O) groups excluding carboxylic acids is 1.